The van der Waals surface area contributed by atoms with E-state index in [4.69, 9.17) is 4.98 Å². The Kier molecular flexibility index (Phi) is 4.52. The lowest BCUT2D eigenvalue weighted by Gasteiger charge is -2.13. The lowest BCUT2D eigenvalue weighted by Crippen LogP contribution is -2.08. The van der Waals surface area contributed by atoms with E-state index in [9.17, 15) is 0 Å². The van der Waals surface area contributed by atoms with Crippen LogP contribution in [0.1, 0.15) is 0 Å². The molecule has 3 rings (SSSR count). The molecule has 122 valence electrons. The molecule has 3 aromatic rings. The van der Waals surface area contributed by atoms with Crippen molar-refractivity contribution in [2.75, 3.05) is 38.0 Å². The molecule has 0 fully saturated rings. The van der Waals surface area contributed by atoms with Gasteiger partial charge in [0, 0.05) is 50.7 Å². The highest BCUT2D eigenvalue weighted by Crippen LogP contribution is 2.25. The number of aromatic nitrogens is 1. The maximum atomic E-state index is 4.84. The van der Waals surface area contributed by atoms with Crippen LogP contribution in [0.2, 0.25) is 0 Å². The lowest BCUT2D eigenvalue weighted by atomic mass is 10.1. The van der Waals surface area contributed by atoms with Gasteiger partial charge in [-0.3, -0.25) is 0 Å². The summed E-state index contributed by atoms with van der Waals surface area (Å²) >= 11 is 0. The second-order valence-electron chi connectivity index (χ2n) is 6.29. The molecule has 0 aliphatic heterocycles. The molecule has 0 aliphatic carbocycles. The zero-order valence-corrected chi connectivity index (χ0v) is 14.7. The van der Waals surface area contributed by atoms with E-state index in [-0.39, 0.29) is 0 Å². The number of hydrogen-bond acceptors (Lipinski definition) is 3. The number of nitrogens with zero attached hydrogens (tertiary/aromatic N) is 3. The highest BCUT2D eigenvalue weighted by molar-refractivity contribution is 5.68. The summed E-state index contributed by atoms with van der Waals surface area (Å²) in [5.41, 5.74) is 6.63. The number of benzene rings is 2. The minimum atomic E-state index is 0.995. The van der Waals surface area contributed by atoms with Crippen molar-refractivity contribution in [3.05, 3.63) is 66.7 Å². The Hall–Kier alpha value is -2.81. The lowest BCUT2D eigenvalue weighted by molar-refractivity contribution is 1.13. The van der Waals surface area contributed by atoms with E-state index in [1.807, 2.05) is 28.2 Å². The van der Waals surface area contributed by atoms with Crippen molar-refractivity contribution in [2.45, 2.75) is 0 Å². The smallest absolute Gasteiger partial charge is 0.0709 e. The molecule has 0 saturated carbocycles. The average Bonchev–Trinajstić information content (AvgIpc) is 2.62. The van der Waals surface area contributed by atoms with Gasteiger partial charge in [-0.25, -0.2) is 4.98 Å². The molecular formula is C21H23N3. The SMILES string of the molecule is CN(C)c1ccc(-c2cccc(-c3ccc(N(C)C)cc3)n2)cc1. The third-order valence-electron chi connectivity index (χ3n) is 4.11. The van der Waals surface area contributed by atoms with Crippen molar-refractivity contribution in [3.63, 3.8) is 0 Å². The molecule has 0 atom stereocenters. The normalized spacial score (nSPS) is 10.5. The maximum absolute atomic E-state index is 4.84. The molecule has 3 nitrogen and oxygen atoms in total. The first-order valence-corrected chi connectivity index (χ1v) is 8.07. The second-order valence-corrected chi connectivity index (χ2v) is 6.29. The fourth-order valence-electron chi connectivity index (χ4n) is 2.62. The fourth-order valence-corrected chi connectivity index (χ4v) is 2.62. The van der Waals surface area contributed by atoms with Gasteiger partial charge in [0.1, 0.15) is 0 Å². The Balaban J connectivity index is 1.91. The Morgan fingerprint density at radius 3 is 1.25 bits per heavy atom. The number of anilines is 2. The van der Waals surface area contributed by atoms with E-state index in [0.29, 0.717) is 0 Å². The van der Waals surface area contributed by atoms with E-state index in [0.717, 1.165) is 22.5 Å². The van der Waals surface area contributed by atoms with Crippen LogP contribution in [0.4, 0.5) is 11.4 Å². The standard InChI is InChI=1S/C21H23N3/c1-23(2)18-12-8-16(9-13-18)20-6-5-7-21(22-20)17-10-14-19(15-11-17)24(3)4/h5-15H,1-4H3. The van der Waals surface area contributed by atoms with Crippen LogP contribution in [-0.2, 0) is 0 Å². The van der Waals surface area contributed by atoms with Gasteiger partial charge in [0.05, 0.1) is 11.4 Å². The summed E-state index contributed by atoms with van der Waals surface area (Å²) < 4.78 is 0. The zero-order valence-electron chi connectivity index (χ0n) is 14.7. The van der Waals surface area contributed by atoms with Crippen molar-refractivity contribution >= 4 is 11.4 Å². The first kappa shape index (κ1) is 16.1. The van der Waals surface area contributed by atoms with Crippen LogP contribution in [0, 0.1) is 0 Å². The molecule has 3 heteroatoms. The van der Waals surface area contributed by atoms with Crippen LogP contribution >= 0.6 is 0 Å². The predicted molar refractivity (Wildman–Crippen MR) is 104 cm³/mol. The van der Waals surface area contributed by atoms with Crippen molar-refractivity contribution < 1.29 is 0 Å². The van der Waals surface area contributed by atoms with Gasteiger partial charge in [0.2, 0.25) is 0 Å². The highest BCUT2D eigenvalue weighted by atomic mass is 15.1. The van der Waals surface area contributed by atoms with Crippen LogP contribution in [0.15, 0.2) is 66.7 Å². The third-order valence-corrected chi connectivity index (χ3v) is 4.11. The van der Waals surface area contributed by atoms with Crippen LogP contribution in [0.3, 0.4) is 0 Å². The van der Waals surface area contributed by atoms with E-state index in [1.165, 1.54) is 11.4 Å². The van der Waals surface area contributed by atoms with Gasteiger partial charge in [0.25, 0.3) is 0 Å². The molecule has 0 bridgehead atoms. The first-order chi connectivity index (χ1) is 11.5. The molecule has 0 radical (unpaired) electrons. The molecule has 0 saturated heterocycles. The van der Waals surface area contributed by atoms with Gasteiger partial charge in [-0.1, -0.05) is 30.3 Å². The summed E-state index contributed by atoms with van der Waals surface area (Å²) in [6, 6.07) is 23.2. The Bertz CT molecular complexity index is 736. The number of hydrogen-bond donors (Lipinski definition) is 0. The van der Waals surface area contributed by atoms with Gasteiger partial charge >= 0.3 is 0 Å². The molecule has 0 unspecified atom stereocenters. The predicted octanol–water partition coefficient (Wildman–Crippen LogP) is 4.55. The van der Waals surface area contributed by atoms with Crippen LogP contribution in [0.5, 0.6) is 0 Å². The van der Waals surface area contributed by atoms with Crippen molar-refractivity contribution in [1.82, 2.24) is 4.98 Å². The molecule has 0 N–H and O–H groups in total. The molecule has 0 amide bonds. The quantitative estimate of drug-likeness (QED) is 0.704. The second kappa shape index (κ2) is 6.75. The van der Waals surface area contributed by atoms with E-state index >= 15 is 0 Å². The summed E-state index contributed by atoms with van der Waals surface area (Å²) in [7, 11) is 8.19. The molecule has 0 spiro atoms. The van der Waals surface area contributed by atoms with Crippen LogP contribution in [-0.4, -0.2) is 33.2 Å². The molecule has 24 heavy (non-hydrogen) atoms. The zero-order chi connectivity index (χ0) is 17.1. The van der Waals surface area contributed by atoms with Gasteiger partial charge in [-0.15, -0.1) is 0 Å². The summed E-state index contributed by atoms with van der Waals surface area (Å²) in [5.74, 6) is 0. The summed E-state index contributed by atoms with van der Waals surface area (Å²) in [4.78, 5) is 9.03. The van der Waals surface area contributed by atoms with Crippen molar-refractivity contribution in [1.29, 1.82) is 0 Å². The summed E-state index contributed by atoms with van der Waals surface area (Å²) in [6.45, 7) is 0. The molecule has 1 aromatic heterocycles. The Morgan fingerprint density at radius 1 is 0.542 bits per heavy atom. The highest BCUT2D eigenvalue weighted by Gasteiger charge is 2.05. The first-order valence-electron chi connectivity index (χ1n) is 8.07. The molecule has 1 heterocycles. The minimum absolute atomic E-state index is 0.995. The number of pyridine rings is 1. The van der Waals surface area contributed by atoms with Crippen molar-refractivity contribution in [2.24, 2.45) is 0 Å². The number of rotatable bonds is 4. The van der Waals surface area contributed by atoms with Crippen LogP contribution in [0.25, 0.3) is 22.5 Å². The molecule has 2 aromatic carbocycles. The maximum Gasteiger partial charge on any atom is 0.0709 e. The van der Waals surface area contributed by atoms with Gasteiger partial charge < -0.3 is 9.80 Å². The van der Waals surface area contributed by atoms with Gasteiger partial charge in [-0.05, 0) is 36.4 Å². The van der Waals surface area contributed by atoms with Gasteiger partial charge in [0.15, 0.2) is 0 Å². The third kappa shape index (κ3) is 3.40. The van der Waals surface area contributed by atoms with Gasteiger partial charge in [-0.2, -0.15) is 0 Å². The fraction of sp³-hybridized carbons (Fsp3) is 0.190. The minimum Gasteiger partial charge on any atom is -0.378 e. The molecular weight excluding hydrogens is 294 g/mol. The van der Waals surface area contributed by atoms with E-state index in [2.05, 4.69) is 76.5 Å². The Morgan fingerprint density at radius 2 is 0.917 bits per heavy atom. The monoisotopic (exact) mass is 317 g/mol. The largest absolute Gasteiger partial charge is 0.378 e. The van der Waals surface area contributed by atoms with Crippen LogP contribution < -0.4 is 9.80 Å². The summed E-state index contributed by atoms with van der Waals surface area (Å²) in [5, 5.41) is 0. The topological polar surface area (TPSA) is 19.4 Å². The van der Waals surface area contributed by atoms with E-state index < -0.39 is 0 Å². The summed E-state index contributed by atoms with van der Waals surface area (Å²) in [6.07, 6.45) is 0. The van der Waals surface area contributed by atoms with E-state index in [1.54, 1.807) is 0 Å². The molecule has 0 aliphatic rings. The average molecular weight is 317 g/mol. The van der Waals surface area contributed by atoms with Crippen molar-refractivity contribution in [3.8, 4) is 22.5 Å². The Labute approximate surface area is 144 Å².